The van der Waals surface area contributed by atoms with Gasteiger partial charge in [-0.15, -0.1) is 0 Å². The lowest BCUT2D eigenvalue weighted by molar-refractivity contribution is -0.121. The standard InChI is InChI=1S/C13H23N3O2/c1-4-6-13(18,7-5-2)8-11(17)16-12-14-9-10(3)15-12/h9,18H,4-8H2,1-3H3,(H2,14,15,16,17). The molecule has 1 aromatic rings. The molecular formula is C13H23N3O2. The maximum Gasteiger partial charge on any atom is 0.229 e. The second-order valence-corrected chi connectivity index (χ2v) is 4.86. The monoisotopic (exact) mass is 253 g/mol. The van der Waals surface area contributed by atoms with Crippen LogP contribution in [0, 0.1) is 6.92 Å². The number of nitrogens with one attached hydrogen (secondary N) is 2. The molecule has 0 saturated carbocycles. The minimum absolute atomic E-state index is 0.119. The van der Waals surface area contributed by atoms with Crippen molar-refractivity contribution in [2.45, 2.75) is 58.5 Å². The van der Waals surface area contributed by atoms with Gasteiger partial charge in [0.05, 0.1) is 12.0 Å². The van der Waals surface area contributed by atoms with Crippen LogP contribution in [0.2, 0.25) is 0 Å². The molecule has 0 aromatic carbocycles. The van der Waals surface area contributed by atoms with E-state index < -0.39 is 5.60 Å². The van der Waals surface area contributed by atoms with Crippen molar-refractivity contribution in [1.29, 1.82) is 0 Å². The van der Waals surface area contributed by atoms with E-state index in [2.05, 4.69) is 15.3 Å². The zero-order chi connectivity index (χ0) is 13.6. The summed E-state index contributed by atoms with van der Waals surface area (Å²) in [5.41, 5.74) is -0.00226. The number of aromatic nitrogens is 2. The molecule has 1 rings (SSSR count). The summed E-state index contributed by atoms with van der Waals surface area (Å²) in [5, 5.41) is 13.0. The maximum atomic E-state index is 11.9. The van der Waals surface area contributed by atoms with Gasteiger partial charge in [0, 0.05) is 11.9 Å². The molecule has 0 bridgehead atoms. The van der Waals surface area contributed by atoms with E-state index in [0.717, 1.165) is 18.5 Å². The molecule has 18 heavy (non-hydrogen) atoms. The van der Waals surface area contributed by atoms with Crippen LogP contribution in [0.15, 0.2) is 6.20 Å². The van der Waals surface area contributed by atoms with E-state index >= 15 is 0 Å². The van der Waals surface area contributed by atoms with Crippen molar-refractivity contribution < 1.29 is 9.90 Å². The fourth-order valence-corrected chi connectivity index (χ4v) is 2.18. The SMILES string of the molecule is CCCC(O)(CCC)CC(=O)Nc1ncc(C)[nH]1. The molecule has 0 fully saturated rings. The minimum Gasteiger partial charge on any atom is -0.389 e. The maximum absolute atomic E-state index is 11.9. The number of nitrogens with zero attached hydrogens (tertiary/aromatic N) is 1. The molecule has 0 atom stereocenters. The number of hydrogen-bond donors (Lipinski definition) is 3. The molecule has 1 aromatic heterocycles. The number of carbonyl (C=O) groups excluding carboxylic acids is 1. The first kappa shape index (κ1) is 14.7. The number of rotatable bonds is 7. The van der Waals surface area contributed by atoms with Gasteiger partial charge in [-0.2, -0.15) is 0 Å². The van der Waals surface area contributed by atoms with Crippen molar-refractivity contribution in [2.75, 3.05) is 5.32 Å². The molecule has 0 radical (unpaired) electrons. The van der Waals surface area contributed by atoms with Gasteiger partial charge >= 0.3 is 0 Å². The van der Waals surface area contributed by atoms with Crippen LogP contribution in [0.25, 0.3) is 0 Å². The zero-order valence-corrected chi connectivity index (χ0v) is 11.4. The summed E-state index contributed by atoms with van der Waals surface area (Å²) in [6.45, 7) is 5.88. The van der Waals surface area contributed by atoms with E-state index in [4.69, 9.17) is 0 Å². The number of imidazole rings is 1. The number of amides is 1. The lowest BCUT2D eigenvalue weighted by Gasteiger charge is -2.26. The largest absolute Gasteiger partial charge is 0.389 e. The Bertz CT molecular complexity index is 381. The molecule has 0 unspecified atom stereocenters. The minimum atomic E-state index is -0.894. The van der Waals surface area contributed by atoms with Crippen molar-refractivity contribution in [3.63, 3.8) is 0 Å². The Balaban J connectivity index is 2.55. The normalized spacial score (nSPS) is 11.6. The summed E-state index contributed by atoms with van der Waals surface area (Å²) in [5.74, 6) is 0.238. The Kier molecular flexibility index (Phi) is 5.34. The van der Waals surface area contributed by atoms with E-state index in [9.17, 15) is 9.90 Å². The van der Waals surface area contributed by atoms with Gasteiger partial charge in [0.15, 0.2) is 0 Å². The summed E-state index contributed by atoms with van der Waals surface area (Å²) < 4.78 is 0. The van der Waals surface area contributed by atoms with Crippen molar-refractivity contribution in [1.82, 2.24) is 9.97 Å². The highest BCUT2D eigenvalue weighted by molar-refractivity contribution is 5.89. The second-order valence-electron chi connectivity index (χ2n) is 4.86. The molecule has 1 heterocycles. The Labute approximate surface area is 108 Å². The molecule has 0 aliphatic rings. The van der Waals surface area contributed by atoms with Crippen molar-refractivity contribution in [2.24, 2.45) is 0 Å². The van der Waals surface area contributed by atoms with Crippen LogP contribution in [-0.2, 0) is 4.79 Å². The smallest absolute Gasteiger partial charge is 0.229 e. The van der Waals surface area contributed by atoms with Crippen LogP contribution >= 0.6 is 0 Å². The lowest BCUT2D eigenvalue weighted by atomic mass is 9.89. The molecule has 0 saturated heterocycles. The van der Waals surface area contributed by atoms with E-state index in [0.29, 0.717) is 18.8 Å². The summed E-state index contributed by atoms with van der Waals surface area (Å²) in [6, 6.07) is 0. The van der Waals surface area contributed by atoms with Gasteiger partial charge in [-0.25, -0.2) is 4.98 Å². The summed E-state index contributed by atoms with van der Waals surface area (Å²) in [6.07, 6.45) is 4.79. The van der Waals surface area contributed by atoms with Gasteiger partial charge in [-0.3, -0.25) is 10.1 Å². The van der Waals surface area contributed by atoms with Crippen LogP contribution in [0.4, 0.5) is 5.95 Å². The highest BCUT2D eigenvalue weighted by atomic mass is 16.3. The van der Waals surface area contributed by atoms with Crippen LogP contribution in [-0.4, -0.2) is 26.6 Å². The van der Waals surface area contributed by atoms with E-state index in [1.807, 2.05) is 20.8 Å². The number of carbonyl (C=O) groups is 1. The first-order chi connectivity index (χ1) is 8.49. The average molecular weight is 253 g/mol. The molecule has 102 valence electrons. The average Bonchev–Trinajstić information content (AvgIpc) is 2.63. The summed E-state index contributed by atoms with van der Waals surface area (Å²) in [7, 11) is 0. The molecule has 0 aliphatic heterocycles. The summed E-state index contributed by atoms with van der Waals surface area (Å²) >= 11 is 0. The lowest BCUT2D eigenvalue weighted by Crippen LogP contribution is -2.34. The zero-order valence-electron chi connectivity index (χ0n) is 11.4. The molecule has 3 N–H and O–H groups in total. The molecule has 0 spiro atoms. The predicted molar refractivity (Wildman–Crippen MR) is 71.3 cm³/mol. The highest BCUT2D eigenvalue weighted by Crippen LogP contribution is 2.23. The van der Waals surface area contributed by atoms with Crippen LogP contribution < -0.4 is 5.32 Å². The number of aliphatic hydroxyl groups is 1. The number of hydrogen-bond acceptors (Lipinski definition) is 3. The fourth-order valence-electron chi connectivity index (χ4n) is 2.18. The van der Waals surface area contributed by atoms with Crippen molar-refractivity contribution in [3.8, 4) is 0 Å². The fraction of sp³-hybridized carbons (Fsp3) is 0.692. The molecule has 5 nitrogen and oxygen atoms in total. The summed E-state index contributed by atoms with van der Waals surface area (Å²) in [4.78, 5) is 18.8. The third kappa shape index (κ3) is 4.49. The number of aromatic amines is 1. The van der Waals surface area contributed by atoms with Crippen LogP contribution in [0.3, 0.4) is 0 Å². The Morgan fingerprint density at radius 2 is 2.06 bits per heavy atom. The topological polar surface area (TPSA) is 78.0 Å². The first-order valence-corrected chi connectivity index (χ1v) is 6.53. The van der Waals surface area contributed by atoms with E-state index in [-0.39, 0.29) is 12.3 Å². The second kappa shape index (κ2) is 6.54. The van der Waals surface area contributed by atoms with E-state index in [1.54, 1.807) is 6.20 Å². The van der Waals surface area contributed by atoms with Gasteiger partial charge in [0.25, 0.3) is 0 Å². The number of H-pyrrole nitrogens is 1. The van der Waals surface area contributed by atoms with Gasteiger partial charge in [0.2, 0.25) is 11.9 Å². The molecule has 0 aliphatic carbocycles. The highest BCUT2D eigenvalue weighted by Gasteiger charge is 2.28. The Morgan fingerprint density at radius 3 is 2.50 bits per heavy atom. The van der Waals surface area contributed by atoms with Gasteiger partial charge in [-0.1, -0.05) is 26.7 Å². The van der Waals surface area contributed by atoms with Gasteiger partial charge < -0.3 is 10.1 Å². The van der Waals surface area contributed by atoms with Gasteiger partial charge in [-0.05, 0) is 19.8 Å². The van der Waals surface area contributed by atoms with Gasteiger partial charge in [0.1, 0.15) is 0 Å². The Hall–Kier alpha value is -1.36. The third-order valence-corrected chi connectivity index (χ3v) is 2.88. The van der Waals surface area contributed by atoms with E-state index in [1.165, 1.54) is 0 Å². The molecular weight excluding hydrogens is 230 g/mol. The molecule has 1 amide bonds. The van der Waals surface area contributed by atoms with Crippen molar-refractivity contribution in [3.05, 3.63) is 11.9 Å². The number of anilines is 1. The van der Waals surface area contributed by atoms with Crippen LogP contribution in [0.5, 0.6) is 0 Å². The third-order valence-electron chi connectivity index (χ3n) is 2.88. The molecule has 5 heteroatoms. The van der Waals surface area contributed by atoms with Crippen molar-refractivity contribution >= 4 is 11.9 Å². The predicted octanol–water partition coefficient (Wildman–Crippen LogP) is 2.38. The van der Waals surface area contributed by atoms with Crippen LogP contribution in [0.1, 0.15) is 51.6 Å². The first-order valence-electron chi connectivity index (χ1n) is 6.53. The Morgan fingerprint density at radius 1 is 1.44 bits per heavy atom. The number of aryl methyl sites for hydroxylation is 1. The quantitative estimate of drug-likeness (QED) is 0.698.